The lowest BCUT2D eigenvalue weighted by molar-refractivity contribution is 0.0342. The van der Waals surface area contributed by atoms with E-state index in [1.54, 1.807) is 0 Å². The fourth-order valence-corrected chi connectivity index (χ4v) is 6.55. The Morgan fingerprint density at radius 1 is 1.05 bits per heavy atom. The fourth-order valence-electron chi connectivity index (χ4n) is 5.41. The molecule has 1 aromatic heterocycles. The van der Waals surface area contributed by atoms with Gasteiger partial charge in [0.05, 0.1) is 24.3 Å². The molecule has 2 saturated heterocycles. The molecule has 3 N–H and O–H groups in total. The zero-order valence-electron chi connectivity index (χ0n) is 23.3. The van der Waals surface area contributed by atoms with Crippen molar-refractivity contribution in [2.45, 2.75) is 58.9 Å². The molecule has 2 fully saturated rings. The third-order valence-corrected chi connectivity index (χ3v) is 8.75. The molecule has 1 amide bonds. The minimum Gasteiger partial charge on any atom is -0.379 e. The van der Waals surface area contributed by atoms with Crippen molar-refractivity contribution in [3.05, 3.63) is 59.3 Å². The molecule has 0 bridgehead atoms. The number of H-pyrrole nitrogens is 1. The highest BCUT2D eigenvalue weighted by molar-refractivity contribution is 7.97. The first-order chi connectivity index (χ1) is 18.6. The topological polar surface area (TPSA) is 74.6 Å². The molecule has 5 rings (SSSR count). The molecule has 2 aromatic carbocycles. The molecule has 0 spiro atoms. The zero-order chi connectivity index (χ0) is 26.9. The van der Waals surface area contributed by atoms with E-state index in [9.17, 15) is 4.79 Å². The highest BCUT2D eigenvalue weighted by atomic mass is 32.2. The molecule has 0 radical (unpaired) electrons. The number of piperidine rings is 1. The molecule has 3 heterocycles. The predicted molar refractivity (Wildman–Crippen MR) is 161 cm³/mol. The number of primary amides is 1. The van der Waals surface area contributed by atoms with Gasteiger partial charge in [-0.2, -0.15) is 0 Å². The standard InChI is InChI=1S/C29H38N4O2S.C2H6/c1-2-3-16-36-33-10-8-23(9-11-33)27-19-31-28-25(27)17-24(18-26(28)29(30)34)22-6-4-21(5-7-22)20-32-12-14-35-15-13-32;1-2/h4-7,17-19,23,31H,2-3,8-16,20H2,1H3,(H2,30,34);1-2H3. The largest absolute Gasteiger partial charge is 0.379 e. The number of carbonyl (C=O) groups excluding carboxylic acids is 1. The summed E-state index contributed by atoms with van der Waals surface area (Å²) < 4.78 is 7.99. The van der Waals surface area contributed by atoms with E-state index in [0.717, 1.165) is 80.8 Å². The van der Waals surface area contributed by atoms with Crippen LogP contribution in [0, 0.1) is 0 Å². The monoisotopic (exact) mass is 536 g/mol. The van der Waals surface area contributed by atoms with Gasteiger partial charge in [0, 0.05) is 50.1 Å². The second kappa shape index (κ2) is 14.2. The Balaban J connectivity index is 0.00000164. The maximum atomic E-state index is 12.4. The van der Waals surface area contributed by atoms with Crippen molar-refractivity contribution in [1.82, 2.24) is 14.2 Å². The molecule has 7 heteroatoms. The Hall–Kier alpha value is -2.32. The number of fused-ring (bicyclic) bond motifs is 1. The van der Waals surface area contributed by atoms with Gasteiger partial charge >= 0.3 is 0 Å². The Kier molecular flexibility index (Phi) is 10.7. The average molecular weight is 537 g/mol. The lowest BCUT2D eigenvalue weighted by Gasteiger charge is -2.31. The summed E-state index contributed by atoms with van der Waals surface area (Å²) in [6.07, 6.45) is 6.91. The van der Waals surface area contributed by atoms with E-state index in [2.05, 4.69) is 57.6 Å². The first-order valence-corrected chi connectivity index (χ1v) is 15.3. The lowest BCUT2D eigenvalue weighted by Crippen LogP contribution is -2.35. The third-order valence-electron chi connectivity index (χ3n) is 7.55. The Morgan fingerprint density at radius 3 is 2.42 bits per heavy atom. The minimum absolute atomic E-state index is 0.388. The number of unbranched alkanes of at least 4 members (excludes halogenated alkanes) is 1. The van der Waals surface area contributed by atoms with Gasteiger partial charge in [0.15, 0.2) is 0 Å². The van der Waals surface area contributed by atoms with E-state index in [4.69, 9.17) is 10.5 Å². The number of rotatable bonds is 9. The lowest BCUT2D eigenvalue weighted by atomic mass is 9.88. The minimum atomic E-state index is -0.388. The second-order valence-corrected chi connectivity index (χ2v) is 11.2. The summed E-state index contributed by atoms with van der Waals surface area (Å²) in [7, 11) is 0. The maximum Gasteiger partial charge on any atom is 0.250 e. The van der Waals surface area contributed by atoms with Gasteiger partial charge in [-0.1, -0.05) is 63.4 Å². The van der Waals surface area contributed by atoms with Crippen molar-refractivity contribution in [1.29, 1.82) is 0 Å². The van der Waals surface area contributed by atoms with Gasteiger partial charge in [-0.25, -0.2) is 0 Å². The molecule has 6 nitrogen and oxygen atoms in total. The van der Waals surface area contributed by atoms with Gasteiger partial charge in [-0.15, -0.1) is 0 Å². The van der Waals surface area contributed by atoms with E-state index in [1.165, 1.54) is 29.7 Å². The molecule has 206 valence electrons. The molecule has 0 atom stereocenters. The Bertz CT molecular complexity index is 1160. The Labute approximate surface area is 232 Å². The van der Waals surface area contributed by atoms with E-state index >= 15 is 0 Å². The number of benzene rings is 2. The molecule has 0 saturated carbocycles. The van der Waals surface area contributed by atoms with Crippen molar-refractivity contribution in [2.75, 3.05) is 45.1 Å². The summed E-state index contributed by atoms with van der Waals surface area (Å²) in [5.41, 5.74) is 12.0. The van der Waals surface area contributed by atoms with Crippen molar-refractivity contribution < 1.29 is 9.53 Å². The smallest absolute Gasteiger partial charge is 0.250 e. The van der Waals surface area contributed by atoms with E-state index in [1.807, 2.05) is 31.9 Å². The van der Waals surface area contributed by atoms with Crippen LogP contribution in [0.5, 0.6) is 0 Å². The number of aromatic amines is 1. The first-order valence-electron chi connectivity index (χ1n) is 14.3. The first kappa shape index (κ1) is 28.7. The molecule has 2 aliphatic rings. The normalized spacial score (nSPS) is 17.3. The number of ether oxygens (including phenoxy) is 1. The number of nitrogens with one attached hydrogen (secondary N) is 1. The molecular formula is C31H44N4O2S. The van der Waals surface area contributed by atoms with Gasteiger partial charge in [-0.3, -0.25) is 14.0 Å². The summed E-state index contributed by atoms with van der Waals surface area (Å²) in [6.45, 7) is 13.0. The van der Waals surface area contributed by atoms with Crippen LogP contribution in [0.4, 0.5) is 0 Å². The molecule has 2 aliphatic heterocycles. The van der Waals surface area contributed by atoms with Gasteiger partial charge in [0.2, 0.25) is 0 Å². The fraction of sp³-hybridized carbons (Fsp3) is 0.516. The molecule has 3 aromatic rings. The summed E-state index contributed by atoms with van der Waals surface area (Å²) in [6, 6.07) is 12.9. The molecule has 38 heavy (non-hydrogen) atoms. The van der Waals surface area contributed by atoms with E-state index < -0.39 is 0 Å². The zero-order valence-corrected chi connectivity index (χ0v) is 24.1. The second-order valence-electron chi connectivity index (χ2n) is 10.0. The van der Waals surface area contributed by atoms with Crippen LogP contribution < -0.4 is 5.73 Å². The van der Waals surface area contributed by atoms with Gasteiger partial charge < -0.3 is 15.5 Å². The number of nitrogens with two attached hydrogens (primary N) is 1. The summed E-state index contributed by atoms with van der Waals surface area (Å²) >= 11 is 2.00. The van der Waals surface area contributed by atoms with Crippen LogP contribution in [-0.2, 0) is 11.3 Å². The van der Waals surface area contributed by atoms with Crippen LogP contribution in [0.25, 0.3) is 22.0 Å². The highest BCUT2D eigenvalue weighted by Gasteiger charge is 2.24. The Morgan fingerprint density at radius 2 is 1.76 bits per heavy atom. The summed E-state index contributed by atoms with van der Waals surface area (Å²) in [5, 5.41) is 1.13. The van der Waals surface area contributed by atoms with Crippen molar-refractivity contribution in [3.63, 3.8) is 0 Å². The van der Waals surface area contributed by atoms with Gasteiger partial charge in [-0.05, 0) is 59.6 Å². The number of amides is 1. The van der Waals surface area contributed by atoms with Crippen LogP contribution in [0.2, 0.25) is 0 Å². The van der Waals surface area contributed by atoms with Crippen LogP contribution in [0.1, 0.15) is 73.9 Å². The van der Waals surface area contributed by atoms with Gasteiger partial charge in [0.25, 0.3) is 5.91 Å². The predicted octanol–water partition coefficient (Wildman–Crippen LogP) is 6.42. The third kappa shape index (κ3) is 7.00. The number of nitrogens with zero attached hydrogens (tertiary/aromatic N) is 2. The average Bonchev–Trinajstić information content (AvgIpc) is 3.39. The quantitative estimate of drug-likeness (QED) is 0.244. The number of morpholine rings is 1. The van der Waals surface area contributed by atoms with Crippen LogP contribution >= 0.6 is 11.9 Å². The van der Waals surface area contributed by atoms with Crippen molar-refractivity contribution in [3.8, 4) is 11.1 Å². The number of hydrogen-bond donors (Lipinski definition) is 2. The molecular weight excluding hydrogens is 492 g/mol. The number of carbonyl (C=O) groups is 1. The van der Waals surface area contributed by atoms with Crippen molar-refractivity contribution >= 4 is 28.8 Å². The van der Waals surface area contributed by atoms with Crippen LogP contribution in [0.15, 0.2) is 42.6 Å². The maximum absolute atomic E-state index is 12.4. The summed E-state index contributed by atoms with van der Waals surface area (Å²) in [5.74, 6) is 1.32. The van der Waals surface area contributed by atoms with Crippen LogP contribution in [0.3, 0.4) is 0 Å². The highest BCUT2D eigenvalue weighted by Crippen LogP contribution is 2.38. The van der Waals surface area contributed by atoms with E-state index in [0.29, 0.717) is 11.5 Å². The van der Waals surface area contributed by atoms with Crippen molar-refractivity contribution in [2.24, 2.45) is 5.73 Å². The SMILES string of the molecule is CC.CCCCSN1CCC(c2c[nH]c3c(C(N)=O)cc(-c4ccc(CN5CCOCC5)cc4)cc23)CC1. The van der Waals surface area contributed by atoms with E-state index in [-0.39, 0.29) is 5.91 Å². The van der Waals surface area contributed by atoms with Crippen LogP contribution in [-0.4, -0.2) is 65.2 Å². The number of hydrogen-bond acceptors (Lipinski definition) is 5. The molecule has 0 unspecified atom stereocenters. The molecule has 0 aliphatic carbocycles. The number of aromatic nitrogens is 1. The van der Waals surface area contributed by atoms with Gasteiger partial charge in [0.1, 0.15) is 0 Å². The summed E-state index contributed by atoms with van der Waals surface area (Å²) in [4.78, 5) is 18.2.